The molecule has 2 aliphatic heterocycles. The molecule has 2 aromatic rings. The highest BCUT2D eigenvalue weighted by molar-refractivity contribution is 5.70. The maximum Gasteiger partial charge on any atom is 0.306 e. The first kappa shape index (κ1) is 20.0. The quantitative estimate of drug-likeness (QED) is 0.668. The van der Waals surface area contributed by atoms with Crippen molar-refractivity contribution in [2.24, 2.45) is 0 Å². The second-order valence-corrected chi connectivity index (χ2v) is 7.29. The molecule has 0 amide bonds. The van der Waals surface area contributed by atoms with E-state index in [0.717, 1.165) is 11.1 Å². The Bertz CT molecular complexity index is 780. The van der Waals surface area contributed by atoms with E-state index in [1.54, 1.807) is 7.11 Å². The van der Waals surface area contributed by atoms with Crippen LogP contribution >= 0.6 is 0 Å². The van der Waals surface area contributed by atoms with Crippen LogP contribution in [0.25, 0.3) is 0 Å². The average Bonchev–Trinajstić information content (AvgIpc) is 2.77. The SMILES string of the molecule is CO[C@H]1O[C@@H]2CCC(=O)O[C@H]2[C@H](OCc2ccccc2)[C@H]1OCc1ccccc1. The Morgan fingerprint density at radius 3 is 2.07 bits per heavy atom. The number of hydrogen-bond acceptors (Lipinski definition) is 6. The molecule has 0 N–H and O–H groups in total. The zero-order valence-electron chi connectivity index (χ0n) is 16.4. The minimum Gasteiger partial charge on any atom is -0.457 e. The lowest BCUT2D eigenvalue weighted by Crippen LogP contribution is -2.62. The predicted octanol–water partition coefficient (Wildman–Crippen LogP) is 3.23. The number of fused-ring (bicyclic) bond motifs is 1. The smallest absolute Gasteiger partial charge is 0.306 e. The topological polar surface area (TPSA) is 63.2 Å². The van der Waals surface area contributed by atoms with Gasteiger partial charge in [-0.25, -0.2) is 0 Å². The number of carbonyl (C=O) groups is 1. The molecule has 0 saturated carbocycles. The molecule has 0 aliphatic carbocycles. The summed E-state index contributed by atoms with van der Waals surface area (Å²) in [4.78, 5) is 12.0. The van der Waals surface area contributed by atoms with Crippen LogP contribution in [-0.2, 0) is 41.7 Å². The molecule has 6 nitrogen and oxygen atoms in total. The molecular weight excluding hydrogens is 372 g/mol. The average molecular weight is 398 g/mol. The molecule has 5 atom stereocenters. The van der Waals surface area contributed by atoms with Gasteiger partial charge in [0.15, 0.2) is 12.4 Å². The second-order valence-electron chi connectivity index (χ2n) is 7.29. The van der Waals surface area contributed by atoms with Gasteiger partial charge < -0.3 is 23.7 Å². The van der Waals surface area contributed by atoms with Gasteiger partial charge >= 0.3 is 5.97 Å². The normalized spacial score (nSPS) is 29.1. The maximum absolute atomic E-state index is 12.0. The fraction of sp³-hybridized carbons (Fsp3) is 0.435. The van der Waals surface area contributed by atoms with Gasteiger partial charge in [0.25, 0.3) is 0 Å². The van der Waals surface area contributed by atoms with Gasteiger partial charge in [0.2, 0.25) is 0 Å². The summed E-state index contributed by atoms with van der Waals surface area (Å²) in [6, 6.07) is 19.8. The molecule has 0 spiro atoms. The molecule has 2 heterocycles. The van der Waals surface area contributed by atoms with Crippen LogP contribution in [-0.4, -0.2) is 43.8 Å². The lowest BCUT2D eigenvalue weighted by molar-refractivity contribution is -0.318. The van der Waals surface area contributed by atoms with Crippen molar-refractivity contribution in [1.82, 2.24) is 0 Å². The van der Waals surface area contributed by atoms with E-state index in [0.29, 0.717) is 26.1 Å². The van der Waals surface area contributed by atoms with Gasteiger partial charge in [-0.05, 0) is 17.5 Å². The fourth-order valence-corrected chi connectivity index (χ4v) is 3.81. The summed E-state index contributed by atoms with van der Waals surface area (Å²) in [5.74, 6) is -0.235. The Morgan fingerprint density at radius 2 is 1.48 bits per heavy atom. The summed E-state index contributed by atoms with van der Waals surface area (Å²) in [6.07, 6.45) is -1.50. The van der Waals surface area contributed by atoms with E-state index in [4.69, 9.17) is 23.7 Å². The molecule has 0 radical (unpaired) electrons. The molecule has 2 saturated heterocycles. The van der Waals surface area contributed by atoms with Crippen molar-refractivity contribution in [2.45, 2.75) is 56.8 Å². The van der Waals surface area contributed by atoms with E-state index in [1.807, 2.05) is 60.7 Å². The second kappa shape index (κ2) is 9.50. The Morgan fingerprint density at radius 1 is 0.897 bits per heavy atom. The number of benzene rings is 2. The lowest BCUT2D eigenvalue weighted by Gasteiger charge is -2.46. The number of rotatable bonds is 7. The van der Waals surface area contributed by atoms with Crippen LogP contribution < -0.4 is 0 Å². The number of ether oxygens (including phenoxy) is 5. The van der Waals surface area contributed by atoms with Gasteiger partial charge in [0, 0.05) is 13.5 Å². The van der Waals surface area contributed by atoms with Crippen LogP contribution in [0.4, 0.5) is 0 Å². The molecule has 4 rings (SSSR count). The maximum atomic E-state index is 12.0. The van der Waals surface area contributed by atoms with Crippen molar-refractivity contribution < 1.29 is 28.5 Å². The van der Waals surface area contributed by atoms with Gasteiger partial charge in [-0.3, -0.25) is 4.79 Å². The van der Waals surface area contributed by atoms with Crippen molar-refractivity contribution in [3.05, 3.63) is 71.8 Å². The Labute approximate surface area is 170 Å². The molecule has 0 unspecified atom stereocenters. The van der Waals surface area contributed by atoms with Gasteiger partial charge in [-0.1, -0.05) is 60.7 Å². The first-order valence-electron chi connectivity index (χ1n) is 9.93. The number of esters is 1. The highest BCUT2D eigenvalue weighted by Crippen LogP contribution is 2.34. The van der Waals surface area contributed by atoms with Crippen LogP contribution in [0.3, 0.4) is 0 Å². The highest BCUT2D eigenvalue weighted by Gasteiger charge is 2.51. The minimum atomic E-state index is -0.600. The molecule has 0 bridgehead atoms. The van der Waals surface area contributed by atoms with E-state index in [1.165, 1.54) is 0 Å². The number of methoxy groups -OCH3 is 1. The monoisotopic (exact) mass is 398 g/mol. The summed E-state index contributed by atoms with van der Waals surface area (Å²) >= 11 is 0. The fourth-order valence-electron chi connectivity index (χ4n) is 3.81. The van der Waals surface area contributed by atoms with Gasteiger partial charge in [0.1, 0.15) is 18.3 Å². The summed E-state index contributed by atoms with van der Waals surface area (Å²) in [6.45, 7) is 0.763. The largest absolute Gasteiger partial charge is 0.457 e. The van der Waals surface area contributed by atoms with Crippen LogP contribution in [0.2, 0.25) is 0 Å². The van der Waals surface area contributed by atoms with Crippen LogP contribution in [0.15, 0.2) is 60.7 Å². The van der Waals surface area contributed by atoms with Gasteiger partial charge in [-0.15, -0.1) is 0 Å². The summed E-state index contributed by atoms with van der Waals surface area (Å²) in [5.41, 5.74) is 2.07. The van der Waals surface area contributed by atoms with E-state index in [-0.39, 0.29) is 12.1 Å². The summed E-state index contributed by atoms with van der Waals surface area (Å²) < 4.78 is 29.7. The third-order valence-corrected chi connectivity index (χ3v) is 5.29. The Balaban J connectivity index is 1.53. The lowest BCUT2D eigenvalue weighted by atomic mass is 9.93. The van der Waals surface area contributed by atoms with Crippen molar-refractivity contribution in [2.75, 3.05) is 7.11 Å². The first-order valence-corrected chi connectivity index (χ1v) is 9.93. The Kier molecular flexibility index (Phi) is 6.56. The van der Waals surface area contributed by atoms with Crippen molar-refractivity contribution in [3.63, 3.8) is 0 Å². The summed E-state index contributed by atoms with van der Waals surface area (Å²) in [7, 11) is 1.59. The number of carbonyl (C=O) groups excluding carboxylic acids is 1. The molecule has 6 heteroatoms. The molecule has 2 fully saturated rings. The van der Waals surface area contributed by atoms with Crippen molar-refractivity contribution in [1.29, 1.82) is 0 Å². The third-order valence-electron chi connectivity index (χ3n) is 5.29. The zero-order valence-corrected chi connectivity index (χ0v) is 16.4. The number of hydrogen-bond donors (Lipinski definition) is 0. The molecule has 0 aromatic heterocycles. The van der Waals surface area contributed by atoms with E-state index in [9.17, 15) is 4.79 Å². The van der Waals surface area contributed by atoms with Gasteiger partial charge in [-0.2, -0.15) is 0 Å². The van der Waals surface area contributed by atoms with Crippen LogP contribution in [0.1, 0.15) is 24.0 Å². The summed E-state index contributed by atoms with van der Waals surface area (Å²) in [5, 5.41) is 0. The third kappa shape index (κ3) is 4.85. The molecular formula is C23H26O6. The van der Waals surface area contributed by atoms with Crippen molar-refractivity contribution >= 4 is 5.97 Å². The van der Waals surface area contributed by atoms with Crippen LogP contribution in [0.5, 0.6) is 0 Å². The van der Waals surface area contributed by atoms with Crippen LogP contribution in [0, 0.1) is 0 Å². The van der Waals surface area contributed by atoms with Gasteiger partial charge in [0.05, 0.1) is 13.2 Å². The first-order chi connectivity index (χ1) is 14.2. The van der Waals surface area contributed by atoms with E-state index < -0.39 is 24.6 Å². The molecule has 154 valence electrons. The highest BCUT2D eigenvalue weighted by atomic mass is 16.7. The molecule has 2 aliphatic rings. The predicted molar refractivity (Wildman–Crippen MR) is 105 cm³/mol. The Hall–Kier alpha value is -2.25. The molecule has 2 aromatic carbocycles. The zero-order chi connectivity index (χ0) is 20.1. The van der Waals surface area contributed by atoms with E-state index >= 15 is 0 Å². The standard InChI is InChI=1S/C23H26O6/c1-25-23-22(27-15-17-10-6-3-7-11-17)21(26-14-16-8-4-2-5-9-16)20-18(28-23)12-13-19(24)29-20/h2-11,18,20-23H,12-15H2,1H3/t18-,20-,21+,22-,23+/m1/s1. The molecule has 29 heavy (non-hydrogen) atoms. The van der Waals surface area contributed by atoms with Crippen molar-refractivity contribution in [3.8, 4) is 0 Å². The van der Waals surface area contributed by atoms with E-state index in [2.05, 4.69) is 0 Å². The minimum absolute atomic E-state index is 0.235.